The Bertz CT molecular complexity index is 171. The van der Waals surface area contributed by atoms with Crippen LogP contribution >= 0.6 is 0 Å². The minimum Gasteiger partial charge on any atom is -0.479 e. The zero-order valence-electron chi connectivity index (χ0n) is 4.73. The van der Waals surface area contributed by atoms with Crippen LogP contribution in [-0.4, -0.2) is 34.7 Å². The molecular formula is C4H4O6. The van der Waals surface area contributed by atoms with E-state index in [0.29, 0.717) is 0 Å². The molecule has 6 nitrogen and oxygen atoms in total. The molecule has 0 aromatic heterocycles. The normalized spacial score (nSPS) is 8.40. The fourth-order valence-electron chi connectivity index (χ4n) is 0.189. The lowest BCUT2D eigenvalue weighted by atomic mass is 10.7. The highest BCUT2D eigenvalue weighted by Gasteiger charge is 2.13. The van der Waals surface area contributed by atoms with E-state index in [1.165, 1.54) is 0 Å². The lowest BCUT2D eigenvalue weighted by molar-refractivity contribution is -0.167. The molecule has 0 rings (SSSR count). The number of carboxylic acid groups (broad SMARTS) is 2. The second-order valence-corrected chi connectivity index (χ2v) is 1.28. The molecule has 56 valence electrons. The Morgan fingerprint density at radius 3 is 2.00 bits per heavy atom. The summed E-state index contributed by atoms with van der Waals surface area (Å²) in [5.74, 6) is -4.77. The van der Waals surface area contributed by atoms with E-state index in [0.717, 1.165) is 0 Å². The van der Waals surface area contributed by atoms with Gasteiger partial charge in [0.05, 0.1) is 0 Å². The van der Waals surface area contributed by atoms with Crippen LogP contribution in [0.2, 0.25) is 0 Å². The molecule has 0 radical (unpaired) electrons. The molecule has 0 aliphatic rings. The SMILES string of the molecule is O=C(O)COC(=O)C(=O)O. The molecule has 0 aromatic carbocycles. The molecule has 10 heavy (non-hydrogen) atoms. The highest BCUT2D eigenvalue weighted by molar-refractivity contribution is 6.28. The molecule has 0 aliphatic heterocycles. The third-order valence-electron chi connectivity index (χ3n) is 0.501. The summed E-state index contributed by atoms with van der Waals surface area (Å²) >= 11 is 0. The van der Waals surface area contributed by atoms with Crippen LogP contribution in [0.4, 0.5) is 0 Å². The lowest BCUT2D eigenvalue weighted by Gasteiger charge is -1.94. The van der Waals surface area contributed by atoms with Gasteiger partial charge >= 0.3 is 17.9 Å². The van der Waals surface area contributed by atoms with Crippen LogP contribution in [0.25, 0.3) is 0 Å². The van der Waals surface area contributed by atoms with Crippen LogP contribution in [0.15, 0.2) is 0 Å². The number of esters is 1. The number of carboxylic acids is 2. The largest absolute Gasteiger partial charge is 0.479 e. The molecule has 0 amide bonds. The molecular weight excluding hydrogens is 144 g/mol. The molecule has 0 saturated carbocycles. The summed E-state index contributed by atoms with van der Waals surface area (Å²) in [6, 6.07) is 0. The van der Waals surface area contributed by atoms with Crippen LogP contribution in [-0.2, 0) is 19.1 Å². The molecule has 0 atom stereocenters. The average molecular weight is 148 g/mol. The van der Waals surface area contributed by atoms with Gasteiger partial charge in [-0.1, -0.05) is 0 Å². The van der Waals surface area contributed by atoms with E-state index in [1.54, 1.807) is 0 Å². The highest BCUT2D eigenvalue weighted by atomic mass is 16.6. The van der Waals surface area contributed by atoms with Crippen LogP contribution in [0, 0.1) is 0 Å². The van der Waals surface area contributed by atoms with Gasteiger partial charge in [-0.2, -0.15) is 0 Å². The zero-order valence-corrected chi connectivity index (χ0v) is 4.73. The Kier molecular flexibility index (Phi) is 2.89. The van der Waals surface area contributed by atoms with Gasteiger partial charge in [-0.15, -0.1) is 0 Å². The molecule has 6 heteroatoms. The maximum atomic E-state index is 9.96. The zero-order chi connectivity index (χ0) is 8.15. The number of carbonyl (C=O) groups is 3. The lowest BCUT2D eigenvalue weighted by Crippen LogP contribution is -2.20. The van der Waals surface area contributed by atoms with Crippen molar-refractivity contribution < 1.29 is 29.3 Å². The van der Waals surface area contributed by atoms with Crippen molar-refractivity contribution in [1.29, 1.82) is 0 Å². The Hall–Kier alpha value is -1.59. The van der Waals surface area contributed by atoms with Crippen LogP contribution < -0.4 is 0 Å². The Labute approximate surface area is 55.0 Å². The number of aliphatic carboxylic acids is 2. The van der Waals surface area contributed by atoms with Crippen molar-refractivity contribution in [3.8, 4) is 0 Å². The van der Waals surface area contributed by atoms with E-state index in [1.807, 2.05) is 0 Å². The molecule has 0 aromatic rings. The van der Waals surface area contributed by atoms with Gasteiger partial charge in [0.1, 0.15) is 0 Å². The summed E-state index contributed by atoms with van der Waals surface area (Å²) in [5.41, 5.74) is 0. The van der Waals surface area contributed by atoms with Crippen molar-refractivity contribution in [3.05, 3.63) is 0 Å². The maximum Gasteiger partial charge on any atom is 0.417 e. The number of hydrogen-bond acceptors (Lipinski definition) is 4. The van der Waals surface area contributed by atoms with E-state index in [4.69, 9.17) is 10.2 Å². The Morgan fingerprint density at radius 2 is 1.70 bits per heavy atom. The predicted molar refractivity (Wildman–Crippen MR) is 26.2 cm³/mol. The summed E-state index contributed by atoms with van der Waals surface area (Å²) in [6.07, 6.45) is 0. The minimum absolute atomic E-state index is 0.925. The first kappa shape index (κ1) is 8.41. The molecule has 0 aliphatic carbocycles. The molecule has 0 bridgehead atoms. The molecule has 0 saturated heterocycles. The van der Waals surface area contributed by atoms with Crippen molar-refractivity contribution >= 4 is 17.9 Å². The average Bonchev–Trinajstić information content (AvgIpc) is 1.82. The molecule has 0 unspecified atom stereocenters. The van der Waals surface area contributed by atoms with Gasteiger partial charge in [0.25, 0.3) is 0 Å². The van der Waals surface area contributed by atoms with Crippen LogP contribution in [0.1, 0.15) is 0 Å². The maximum absolute atomic E-state index is 9.96. The van der Waals surface area contributed by atoms with E-state index >= 15 is 0 Å². The van der Waals surface area contributed by atoms with Gasteiger partial charge in [0, 0.05) is 0 Å². The number of hydrogen-bond donors (Lipinski definition) is 2. The summed E-state index contributed by atoms with van der Waals surface area (Å²) in [7, 11) is 0. The van der Waals surface area contributed by atoms with E-state index in [2.05, 4.69) is 4.74 Å². The minimum atomic E-state index is -1.80. The number of ether oxygens (including phenoxy) is 1. The summed E-state index contributed by atoms with van der Waals surface area (Å²) in [6.45, 7) is -0.925. The smallest absolute Gasteiger partial charge is 0.417 e. The first-order chi connectivity index (χ1) is 4.54. The van der Waals surface area contributed by atoms with Crippen molar-refractivity contribution in [3.63, 3.8) is 0 Å². The highest BCUT2D eigenvalue weighted by Crippen LogP contribution is 1.77. The van der Waals surface area contributed by atoms with E-state index in [9.17, 15) is 14.4 Å². The first-order valence-corrected chi connectivity index (χ1v) is 2.16. The molecule has 0 spiro atoms. The Morgan fingerprint density at radius 1 is 1.20 bits per heavy atom. The van der Waals surface area contributed by atoms with Crippen LogP contribution in [0.3, 0.4) is 0 Å². The summed E-state index contributed by atoms with van der Waals surface area (Å²) in [4.78, 5) is 29.3. The standard InChI is InChI=1S/C4H4O6/c5-2(6)1-10-4(9)3(7)8/h1H2,(H,5,6)(H,7,8). The quantitative estimate of drug-likeness (QED) is 0.372. The summed E-state index contributed by atoms with van der Waals surface area (Å²) in [5, 5.41) is 15.7. The van der Waals surface area contributed by atoms with Crippen molar-refractivity contribution in [2.75, 3.05) is 6.61 Å². The number of rotatable bonds is 2. The van der Waals surface area contributed by atoms with Gasteiger partial charge in [-0.3, -0.25) is 0 Å². The van der Waals surface area contributed by atoms with Gasteiger partial charge < -0.3 is 14.9 Å². The van der Waals surface area contributed by atoms with E-state index < -0.39 is 24.5 Å². The van der Waals surface area contributed by atoms with Gasteiger partial charge in [-0.25, -0.2) is 14.4 Å². The van der Waals surface area contributed by atoms with E-state index in [-0.39, 0.29) is 0 Å². The van der Waals surface area contributed by atoms with Crippen molar-refractivity contribution in [1.82, 2.24) is 0 Å². The van der Waals surface area contributed by atoms with Gasteiger partial charge in [0.2, 0.25) is 0 Å². The topological polar surface area (TPSA) is 101 Å². The van der Waals surface area contributed by atoms with Crippen LogP contribution in [0.5, 0.6) is 0 Å². The molecule has 0 fully saturated rings. The van der Waals surface area contributed by atoms with Gasteiger partial charge in [-0.05, 0) is 0 Å². The number of carbonyl (C=O) groups excluding carboxylic acids is 1. The third kappa shape index (κ3) is 3.42. The summed E-state index contributed by atoms with van der Waals surface area (Å²) < 4.78 is 3.73. The molecule has 2 N–H and O–H groups in total. The first-order valence-electron chi connectivity index (χ1n) is 2.16. The van der Waals surface area contributed by atoms with Crippen molar-refractivity contribution in [2.24, 2.45) is 0 Å². The fraction of sp³-hybridized carbons (Fsp3) is 0.250. The predicted octanol–water partition coefficient (Wildman–Crippen LogP) is -1.30. The Balaban J connectivity index is 3.60. The second-order valence-electron chi connectivity index (χ2n) is 1.28. The van der Waals surface area contributed by atoms with Gasteiger partial charge in [0.15, 0.2) is 6.61 Å². The molecule has 0 heterocycles. The van der Waals surface area contributed by atoms with Crippen molar-refractivity contribution in [2.45, 2.75) is 0 Å². The fourth-order valence-corrected chi connectivity index (χ4v) is 0.189. The second kappa shape index (κ2) is 3.44. The third-order valence-corrected chi connectivity index (χ3v) is 0.501. The monoisotopic (exact) mass is 148 g/mol.